The highest BCUT2D eigenvalue weighted by Gasteiger charge is 2.23. The van der Waals surface area contributed by atoms with E-state index in [0.717, 1.165) is 48.2 Å². The number of rotatable bonds is 7. The van der Waals surface area contributed by atoms with Gasteiger partial charge in [-0.2, -0.15) is 0 Å². The van der Waals surface area contributed by atoms with Crippen molar-refractivity contribution >= 4 is 17.4 Å². The molecule has 1 aliphatic carbocycles. The van der Waals surface area contributed by atoms with Crippen LogP contribution in [0.4, 0.5) is 5.69 Å². The van der Waals surface area contributed by atoms with E-state index in [4.69, 9.17) is 0 Å². The van der Waals surface area contributed by atoms with Gasteiger partial charge in [0.2, 0.25) is 5.91 Å². The fraction of sp³-hybridized carbons (Fsp3) is 0.680. The third-order valence-corrected chi connectivity index (χ3v) is 7.35. The molecule has 1 aromatic carbocycles. The maximum absolute atomic E-state index is 12.8. The second-order valence-electron chi connectivity index (χ2n) is 9.50. The predicted octanol–water partition coefficient (Wildman–Crippen LogP) is 5.22. The summed E-state index contributed by atoms with van der Waals surface area (Å²) in [6.07, 6.45) is 15.3. The summed E-state index contributed by atoms with van der Waals surface area (Å²) in [5, 5.41) is 2.89. The smallest absolute Gasteiger partial charge is 0.224 e. The minimum atomic E-state index is 0.0678. The first kappa shape index (κ1) is 20.6. The number of aryl methyl sites for hydroxylation is 1. The van der Waals surface area contributed by atoms with Gasteiger partial charge in [0.1, 0.15) is 0 Å². The number of nitrogens with zero attached hydrogens (tertiary/aromatic N) is 1. The lowest BCUT2D eigenvalue weighted by Crippen LogP contribution is -2.37. The van der Waals surface area contributed by atoms with Crippen LogP contribution in [0.1, 0.15) is 86.6 Å². The van der Waals surface area contributed by atoms with Gasteiger partial charge in [-0.1, -0.05) is 51.4 Å². The minimum Gasteiger partial charge on any atom is -0.326 e. The van der Waals surface area contributed by atoms with Crippen molar-refractivity contribution in [3.63, 3.8) is 0 Å². The zero-order chi connectivity index (χ0) is 20.1. The first-order valence-electron chi connectivity index (χ1n) is 11.9. The lowest BCUT2D eigenvalue weighted by molar-refractivity contribution is -0.116. The van der Waals surface area contributed by atoms with Crippen LogP contribution in [0.3, 0.4) is 0 Å². The normalized spacial score (nSPS) is 21.6. The van der Waals surface area contributed by atoms with Crippen molar-refractivity contribution in [2.75, 3.05) is 25.0 Å². The van der Waals surface area contributed by atoms with Crippen LogP contribution in [-0.4, -0.2) is 36.2 Å². The number of hydrogen-bond donors (Lipinski definition) is 1. The molecule has 0 unspecified atom stereocenters. The Bertz CT molecular complexity index is 716. The monoisotopic (exact) mass is 396 g/mol. The summed E-state index contributed by atoms with van der Waals surface area (Å²) in [4.78, 5) is 26.6. The van der Waals surface area contributed by atoms with Crippen molar-refractivity contribution in [1.29, 1.82) is 0 Å². The fourth-order valence-electron chi connectivity index (χ4n) is 5.46. The van der Waals surface area contributed by atoms with E-state index in [1.165, 1.54) is 64.2 Å². The highest BCUT2D eigenvalue weighted by molar-refractivity contribution is 6.00. The molecular weight excluding hydrogens is 360 g/mol. The first-order valence-corrected chi connectivity index (χ1v) is 11.9. The number of carbonyl (C=O) groups is 2. The topological polar surface area (TPSA) is 49.4 Å². The van der Waals surface area contributed by atoms with E-state index in [-0.39, 0.29) is 11.7 Å². The molecule has 2 aliphatic heterocycles. The van der Waals surface area contributed by atoms with E-state index in [1.807, 2.05) is 18.2 Å². The van der Waals surface area contributed by atoms with Gasteiger partial charge in [-0.3, -0.25) is 14.5 Å². The first-order chi connectivity index (χ1) is 14.2. The number of nitrogens with one attached hydrogen (secondary N) is 1. The number of anilines is 1. The van der Waals surface area contributed by atoms with Crippen LogP contribution in [0.25, 0.3) is 0 Å². The summed E-state index contributed by atoms with van der Waals surface area (Å²) < 4.78 is 0. The Kier molecular flexibility index (Phi) is 7.02. The van der Waals surface area contributed by atoms with Crippen molar-refractivity contribution in [2.45, 2.75) is 77.0 Å². The van der Waals surface area contributed by atoms with Crippen molar-refractivity contribution in [2.24, 2.45) is 11.8 Å². The molecule has 3 aliphatic rings. The van der Waals surface area contributed by atoms with Gasteiger partial charge in [-0.15, -0.1) is 0 Å². The number of piperidine rings is 1. The molecule has 4 nitrogen and oxygen atoms in total. The Labute approximate surface area is 175 Å². The molecule has 29 heavy (non-hydrogen) atoms. The average molecular weight is 397 g/mol. The summed E-state index contributed by atoms with van der Waals surface area (Å²) in [6, 6.07) is 5.73. The Morgan fingerprint density at radius 3 is 2.45 bits per heavy atom. The maximum Gasteiger partial charge on any atom is 0.224 e. The Balaban J connectivity index is 1.18. The van der Waals surface area contributed by atoms with E-state index >= 15 is 0 Å². The molecule has 2 fully saturated rings. The Morgan fingerprint density at radius 1 is 0.966 bits per heavy atom. The second kappa shape index (κ2) is 9.88. The van der Waals surface area contributed by atoms with Crippen LogP contribution < -0.4 is 5.32 Å². The molecule has 0 radical (unpaired) electrons. The molecule has 1 saturated carbocycles. The second-order valence-corrected chi connectivity index (χ2v) is 9.50. The van der Waals surface area contributed by atoms with Gasteiger partial charge in [0.25, 0.3) is 0 Å². The summed E-state index contributed by atoms with van der Waals surface area (Å²) in [5.74, 6) is 2.14. The van der Waals surface area contributed by atoms with Crippen molar-refractivity contribution in [3.8, 4) is 0 Å². The van der Waals surface area contributed by atoms with Crippen LogP contribution >= 0.6 is 0 Å². The van der Waals surface area contributed by atoms with Crippen LogP contribution in [-0.2, 0) is 11.2 Å². The number of carbonyl (C=O) groups excluding carboxylic acids is 2. The molecule has 158 valence electrons. The largest absolute Gasteiger partial charge is 0.326 e. The molecule has 1 aromatic rings. The third kappa shape index (κ3) is 5.69. The van der Waals surface area contributed by atoms with E-state index in [2.05, 4.69) is 10.2 Å². The van der Waals surface area contributed by atoms with E-state index < -0.39 is 0 Å². The van der Waals surface area contributed by atoms with Gasteiger partial charge in [0.05, 0.1) is 6.54 Å². The van der Waals surface area contributed by atoms with Crippen LogP contribution in [0.15, 0.2) is 18.2 Å². The molecule has 0 spiro atoms. The van der Waals surface area contributed by atoms with Crippen LogP contribution in [0, 0.1) is 11.8 Å². The van der Waals surface area contributed by atoms with Gasteiger partial charge in [0.15, 0.2) is 5.78 Å². The number of fused-ring (bicyclic) bond motifs is 1. The number of amides is 1. The molecule has 1 saturated heterocycles. The lowest BCUT2D eigenvalue weighted by Gasteiger charge is -2.32. The molecule has 0 bridgehead atoms. The minimum absolute atomic E-state index is 0.0678. The highest BCUT2D eigenvalue weighted by atomic mass is 16.1. The zero-order valence-electron chi connectivity index (χ0n) is 17.8. The van der Waals surface area contributed by atoms with Crippen LogP contribution in [0.2, 0.25) is 0 Å². The molecular formula is C25H36N2O2. The van der Waals surface area contributed by atoms with E-state index in [1.54, 1.807) is 0 Å². The quantitative estimate of drug-likeness (QED) is 0.643. The number of hydrogen-bond acceptors (Lipinski definition) is 3. The fourth-order valence-corrected chi connectivity index (χ4v) is 5.46. The molecule has 1 N–H and O–H groups in total. The zero-order valence-corrected chi connectivity index (χ0v) is 17.8. The number of ketones is 1. The molecule has 0 aromatic heterocycles. The molecule has 1 amide bonds. The standard InChI is InChI=1S/C25H36N2O2/c28-24(22-9-11-23-21(17-22)10-12-25(29)26-23)18-27-15-13-20(14-16-27)8-4-7-19-5-2-1-3-6-19/h9,11,17,19-20H,1-8,10,12-16,18H2,(H,26,29). The average Bonchev–Trinajstić information content (AvgIpc) is 2.75. The maximum atomic E-state index is 12.8. The van der Waals surface area contributed by atoms with Crippen molar-refractivity contribution < 1.29 is 9.59 Å². The van der Waals surface area contributed by atoms with Gasteiger partial charge < -0.3 is 5.32 Å². The van der Waals surface area contributed by atoms with E-state index in [9.17, 15) is 9.59 Å². The predicted molar refractivity (Wildman–Crippen MR) is 117 cm³/mol. The summed E-state index contributed by atoms with van der Waals surface area (Å²) in [7, 11) is 0. The van der Waals surface area contributed by atoms with Gasteiger partial charge >= 0.3 is 0 Å². The Hall–Kier alpha value is -1.68. The van der Waals surface area contributed by atoms with Crippen molar-refractivity contribution in [1.82, 2.24) is 4.90 Å². The number of likely N-dealkylation sites (tertiary alicyclic amines) is 1. The Morgan fingerprint density at radius 2 is 1.69 bits per heavy atom. The number of Topliss-reactive ketones (excluding diaryl/α,β-unsaturated/α-hetero) is 1. The molecule has 2 heterocycles. The number of benzene rings is 1. The SMILES string of the molecule is O=C1CCc2cc(C(=O)CN3CCC(CCCC4CCCCC4)CC3)ccc2N1. The summed E-state index contributed by atoms with van der Waals surface area (Å²) >= 11 is 0. The lowest BCUT2D eigenvalue weighted by atomic mass is 9.83. The summed E-state index contributed by atoms with van der Waals surface area (Å²) in [6.45, 7) is 2.64. The van der Waals surface area contributed by atoms with Gasteiger partial charge in [0, 0.05) is 17.7 Å². The van der Waals surface area contributed by atoms with Crippen molar-refractivity contribution in [3.05, 3.63) is 29.3 Å². The van der Waals surface area contributed by atoms with Crippen LogP contribution in [0.5, 0.6) is 0 Å². The molecule has 4 rings (SSSR count). The highest BCUT2D eigenvalue weighted by Crippen LogP contribution is 2.30. The van der Waals surface area contributed by atoms with Gasteiger partial charge in [-0.25, -0.2) is 0 Å². The molecule has 4 heteroatoms. The van der Waals surface area contributed by atoms with E-state index in [0.29, 0.717) is 13.0 Å². The summed E-state index contributed by atoms with van der Waals surface area (Å²) in [5.41, 5.74) is 2.74. The molecule has 0 atom stereocenters. The van der Waals surface area contributed by atoms with Gasteiger partial charge in [-0.05, 0) is 68.0 Å². The third-order valence-electron chi connectivity index (χ3n) is 7.35.